The number of carbonyl (C=O) groups excluding carboxylic acids is 4. The molecule has 1 atom stereocenters. The van der Waals surface area contributed by atoms with Gasteiger partial charge in [0.2, 0.25) is 21.5 Å². The summed E-state index contributed by atoms with van der Waals surface area (Å²) in [5, 5.41) is 5.12. The van der Waals surface area contributed by atoms with Crippen molar-refractivity contribution in [3.05, 3.63) is 65.0 Å². The zero-order valence-corrected chi connectivity index (χ0v) is 23.3. The van der Waals surface area contributed by atoms with Gasteiger partial charge in [0, 0.05) is 43.3 Å². The van der Waals surface area contributed by atoms with E-state index < -0.39 is 51.9 Å². The summed E-state index contributed by atoms with van der Waals surface area (Å²) < 4.78 is 44.9. The number of aryl methyl sites for hydroxylation is 1. The zero-order valence-electron chi connectivity index (χ0n) is 22.5. The number of ether oxygens (including phenoxy) is 1. The summed E-state index contributed by atoms with van der Waals surface area (Å²) in [4.78, 5) is 54.1. The van der Waals surface area contributed by atoms with Crippen molar-refractivity contribution in [3.8, 4) is 0 Å². The van der Waals surface area contributed by atoms with E-state index in [0.717, 1.165) is 16.7 Å². The standard InChI is InChI=1S/C27H30FN5O7S/c1-29-25(36)30-19-7-8-22-17(11-19)9-10-27(22)24(35)33(26(37)40-27)15-23(34)32(14-16-3-5-18(28)6-4-16)21-12-20(13-21)31-41(2,38)39/h3-8,11,20-21,31H,9-10,12-15H2,1-2H3,(H2,29,30,36)/t20?,21?,27-/m1/s1. The highest BCUT2D eigenvalue weighted by molar-refractivity contribution is 7.88. The molecule has 1 heterocycles. The average molecular weight is 588 g/mol. The Morgan fingerprint density at radius 2 is 1.85 bits per heavy atom. The summed E-state index contributed by atoms with van der Waals surface area (Å²) in [6, 6.07) is 9.46. The number of anilines is 1. The number of nitrogens with one attached hydrogen (secondary N) is 3. The van der Waals surface area contributed by atoms with E-state index in [1.807, 2.05) is 0 Å². The number of fused-ring (bicyclic) bond motifs is 2. The van der Waals surface area contributed by atoms with Crippen LogP contribution in [0, 0.1) is 5.82 Å². The summed E-state index contributed by atoms with van der Waals surface area (Å²) in [6.07, 6.45) is 1.44. The molecule has 0 aromatic heterocycles. The van der Waals surface area contributed by atoms with E-state index in [0.29, 0.717) is 36.1 Å². The Kier molecular flexibility index (Phi) is 7.46. The lowest BCUT2D eigenvalue weighted by Crippen LogP contribution is -2.56. The predicted octanol–water partition coefficient (Wildman–Crippen LogP) is 1.81. The molecule has 3 aliphatic rings. The average Bonchev–Trinajstić information content (AvgIpc) is 3.37. The fourth-order valence-electron chi connectivity index (χ4n) is 5.60. The van der Waals surface area contributed by atoms with Crippen molar-refractivity contribution in [3.63, 3.8) is 0 Å². The highest BCUT2D eigenvalue weighted by Crippen LogP contribution is 2.46. The molecule has 3 N–H and O–H groups in total. The highest BCUT2D eigenvalue weighted by atomic mass is 32.2. The number of hydrogen-bond donors (Lipinski definition) is 3. The Labute approximate surface area is 236 Å². The van der Waals surface area contributed by atoms with Crippen LogP contribution in [0.1, 0.15) is 36.0 Å². The SMILES string of the molecule is CNC(=O)Nc1ccc2c(c1)CC[C@@]21OC(=O)N(CC(=O)N(Cc2ccc(F)cc2)C2CC(NS(C)(=O)=O)C2)C1=O. The van der Waals surface area contributed by atoms with Gasteiger partial charge >= 0.3 is 12.1 Å². The molecule has 2 aromatic carbocycles. The number of halogens is 1. The van der Waals surface area contributed by atoms with Crippen LogP contribution in [-0.2, 0) is 42.9 Å². The number of carbonyl (C=O) groups is 4. The van der Waals surface area contributed by atoms with Crippen LogP contribution in [0.2, 0.25) is 0 Å². The van der Waals surface area contributed by atoms with Crippen molar-refractivity contribution < 1.29 is 36.7 Å². The second kappa shape index (κ2) is 10.7. The minimum absolute atomic E-state index is 0.0849. The van der Waals surface area contributed by atoms with E-state index in [1.54, 1.807) is 18.2 Å². The zero-order chi connectivity index (χ0) is 29.5. The molecule has 1 spiro atoms. The second-order valence-electron chi connectivity index (χ2n) is 10.5. The van der Waals surface area contributed by atoms with Crippen molar-refractivity contribution in [2.45, 2.75) is 49.9 Å². The van der Waals surface area contributed by atoms with E-state index in [4.69, 9.17) is 4.74 Å². The number of benzene rings is 2. The van der Waals surface area contributed by atoms with E-state index >= 15 is 0 Å². The van der Waals surface area contributed by atoms with Gasteiger partial charge in [-0.25, -0.2) is 32.0 Å². The molecule has 12 nitrogen and oxygen atoms in total. The topological polar surface area (TPSA) is 154 Å². The van der Waals surface area contributed by atoms with Crippen LogP contribution in [0.25, 0.3) is 0 Å². The first kappa shape index (κ1) is 28.5. The van der Waals surface area contributed by atoms with Gasteiger partial charge in [0.1, 0.15) is 12.4 Å². The third-order valence-electron chi connectivity index (χ3n) is 7.66. The molecule has 5 rings (SSSR count). The highest BCUT2D eigenvalue weighted by Gasteiger charge is 2.58. The minimum atomic E-state index is -3.43. The molecule has 0 radical (unpaired) electrons. The Bertz CT molecular complexity index is 1510. The molecule has 2 aliphatic carbocycles. The van der Waals surface area contributed by atoms with Gasteiger partial charge in [-0.3, -0.25) is 9.59 Å². The number of urea groups is 1. The van der Waals surface area contributed by atoms with Crippen molar-refractivity contribution >= 4 is 39.6 Å². The maximum absolute atomic E-state index is 13.6. The molecule has 1 saturated carbocycles. The fraction of sp³-hybridized carbons (Fsp3) is 0.407. The Balaban J connectivity index is 1.33. The van der Waals surface area contributed by atoms with Crippen LogP contribution in [0.3, 0.4) is 0 Å². The molecule has 1 saturated heterocycles. The largest absolute Gasteiger partial charge is 0.427 e. The molecule has 0 unspecified atom stereocenters. The van der Waals surface area contributed by atoms with Crippen LogP contribution in [0.5, 0.6) is 0 Å². The number of sulfonamides is 1. The Morgan fingerprint density at radius 1 is 1.15 bits per heavy atom. The number of rotatable bonds is 8. The molecule has 14 heteroatoms. The van der Waals surface area contributed by atoms with Gasteiger partial charge in [-0.15, -0.1) is 0 Å². The third-order valence-corrected chi connectivity index (χ3v) is 8.42. The number of hydrogen-bond acceptors (Lipinski definition) is 7. The van der Waals surface area contributed by atoms with Gasteiger partial charge in [0.25, 0.3) is 5.91 Å². The van der Waals surface area contributed by atoms with Gasteiger partial charge in [0.05, 0.1) is 6.26 Å². The van der Waals surface area contributed by atoms with Crippen molar-refractivity contribution in [1.29, 1.82) is 0 Å². The van der Waals surface area contributed by atoms with Gasteiger partial charge in [-0.05, 0) is 54.7 Å². The third kappa shape index (κ3) is 5.75. The van der Waals surface area contributed by atoms with Crippen molar-refractivity contribution in [2.75, 3.05) is 25.2 Å². The normalized spacial score (nSPS) is 23.1. The smallest absolute Gasteiger partial charge is 0.418 e. The van der Waals surface area contributed by atoms with Crippen LogP contribution in [0.4, 0.5) is 19.7 Å². The van der Waals surface area contributed by atoms with E-state index in [9.17, 15) is 32.0 Å². The minimum Gasteiger partial charge on any atom is -0.427 e. The molecular weight excluding hydrogens is 557 g/mol. The van der Waals surface area contributed by atoms with Crippen molar-refractivity contribution in [2.24, 2.45) is 0 Å². The molecular formula is C27H30FN5O7S. The first-order chi connectivity index (χ1) is 19.4. The van der Waals surface area contributed by atoms with Gasteiger partial charge in [-0.2, -0.15) is 0 Å². The van der Waals surface area contributed by atoms with E-state index in [1.165, 1.54) is 36.2 Å². The van der Waals surface area contributed by atoms with Gasteiger partial charge in [-0.1, -0.05) is 18.2 Å². The van der Waals surface area contributed by atoms with Crippen LogP contribution in [0.15, 0.2) is 42.5 Å². The lowest BCUT2D eigenvalue weighted by Gasteiger charge is -2.43. The molecule has 2 fully saturated rings. The first-order valence-electron chi connectivity index (χ1n) is 13.1. The van der Waals surface area contributed by atoms with Crippen LogP contribution >= 0.6 is 0 Å². The predicted molar refractivity (Wildman–Crippen MR) is 144 cm³/mol. The summed E-state index contributed by atoms with van der Waals surface area (Å²) in [5.74, 6) is -1.60. The van der Waals surface area contributed by atoms with E-state index in [2.05, 4.69) is 15.4 Å². The number of nitrogens with zero attached hydrogens (tertiary/aromatic N) is 2. The lowest BCUT2D eigenvalue weighted by molar-refractivity contribution is -0.144. The van der Waals surface area contributed by atoms with Gasteiger partial charge in [0.15, 0.2) is 0 Å². The maximum atomic E-state index is 13.6. The molecule has 0 bridgehead atoms. The lowest BCUT2D eigenvalue weighted by atomic mass is 9.86. The molecule has 41 heavy (non-hydrogen) atoms. The Hall–Kier alpha value is -4.04. The summed E-state index contributed by atoms with van der Waals surface area (Å²) in [5.41, 5.74) is 0.845. The fourth-order valence-corrected chi connectivity index (χ4v) is 6.40. The summed E-state index contributed by atoms with van der Waals surface area (Å²) in [7, 11) is -1.94. The quantitative estimate of drug-likeness (QED) is 0.426. The summed E-state index contributed by atoms with van der Waals surface area (Å²) >= 11 is 0. The van der Waals surface area contributed by atoms with Crippen LogP contribution in [-0.4, -0.2) is 74.1 Å². The molecule has 1 aliphatic heterocycles. The number of imide groups is 1. The molecule has 218 valence electrons. The van der Waals surface area contributed by atoms with Gasteiger partial charge < -0.3 is 20.3 Å². The second-order valence-corrected chi connectivity index (χ2v) is 12.3. The Morgan fingerprint density at radius 3 is 2.51 bits per heavy atom. The van der Waals surface area contributed by atoms with E-state index in [-0.39, 0.29) is 25.0 Å². The van der Waals surface area contributed by atoms with Crippen molar-refractivity contribution in [1.82, 2.24) is 19.8 Å². The monoisotopic (exact) mass is 587 g/mol. The molecule has 2 aromatic rings. The van der Waals surface area contributed by atoms with Crippen LogP contribution < -0.4 is 15.4 Å². The maximum Gasteiger partial charge on any atom is 0.418 e. The number of amides is 5. The summed E-state index contributed by atoms with van der Waals surface area (Å²) in [6.45, 7) is -0.478. The first-order valence-corrected chi connectivity index (χ1v) is 15.0. The molecule has 5 amide bonds.